The van der Waals surface area contributed by atoms with Gasteiger partial charge in [0.05, 0.1) is 14.2 Å². The van der Waals surface area contributed by atoms with Crippen LogP contribution in [0.15, 0.2) is 72.8 Å². The summed E-state index contributed by atoms with van der Waals surface area (Å²) >= 11 is 0. The Morgan fingerprint density at radius 1 is 0.441 bits per heavy atom. The van der Waals surface area contributed by atoms with Crippen LogP contribution in [0.4, 0.5) is 0 Å². The zero-order valence-corrected chi connectivity index (χ0v) is 21.2. The van der Waals surface area contributed by atoms with Gasteiger partial charge in [0.2, 0.25) is 0 Å². The van der Waals surface area contributed by atoms with Crippen molar-refractivity contribution in [3.8, 4) is 33.8 Å². The SMILES string of the molecule is COc1cc(-c2ccc(CCc3ccc(-c4ccc(C)c(C)c4)cc3C)c(OC)c2)ccc1C. The summed E-state index contributed by atoms with van der Waals surface area (Å²) in [5, 5.41) is 0. The van der Waals surface area contributed by atoms with Crippen LogP contribution in [0.1, 0.15) is 33.4 Å². The van der Waals surface area contributed by atoms with Crippen LogP contribution in [0.2, 0.25) is 0 Å². The molecule has 0 N–H and O–H groups in total. The molecule has 0 saturated heterocycles. The van der Waals surface area contributed by atoms with Crippen LogP contribution in [-0.2, 0) is 12.8 Å². The smallest absolute Gasteiger partial charge is 0.122 e. The van der Waals surface area contributed by atoms with E-state index in [0.717, 1.165) is 41.0 Å². The van der Waals surface area contributed by atoms with Crippen LogP contribution in [-0.4, -0.2) is 14.2 Å². The first-order chi connectivity index (χ1) is 16.4. The van der Waals surface area contributed by atoms with Crippen molar-refractivity contribution in [2.24, 2.45) is 0 Å². The van der Waals surface area contributed by atoms with Gasteiger partial charge in [0.1, 0.15) is 11.5 Å². The molecule has 0 aliphatic carbocycles. The highest BCUT2D eigenvalue weighted by Crippen LogP contribution is 2.32. The largest absolute Gasteiger partial charge is 0.496 e. The summed E-state index contributed by atoms with van der Waals surface area (Å²) in [4.78, 5) is 0. The van der Waals surface area contributed by atoms with Crippen molar-refractivity contribution < 1.29 is 9.47 Å². The van der Waals surface area contributed by atoms with Crippen molar-refractivity contribution in [3.05, 3.63) is 106 Å². The fourth-order valence-corrected chi connectivity index (χ4v) is 4.48. The molecule has 0 bridgehead atoms. The zero-order valence-electron chi connectivity index (χ0n) is 21.2. The molecule has 0 amide bonds. The molecule has 0 heterocycles. The van der Waals surface area contributed by atoms with Gasteiger partial charge in [0, 0.05) is 0 Å². The Balaban J connectivity index is 1.52. The Hall–Kier alpha value is -3.52. The third-order valence-electron chi connectivity index (χ3n) is 6.87. The lowest BCUT2D eigenvalue weighted by molar-refractivity contribution is 0.409. The molecule has 0 aliphatic heterocycles. The van der Waals surface area contributed by atoms with E-state index >= 15 is 0 Å². The minimum Gasteiger partial charge on any atom is -0.496 e. The van der Waals surface area contributed by atoms with Gasteiger partial charge in [-0.15, -0.1) is 0 Å². The summed E-state index contributed by atoms with van der Waals surface area (Å²) in [6.45, 7) is 8.60. The second-order valence-corrected chi connectivity index (χ2v) is 9.15. The highest BCUT2D eigenvalue weighted by atomic mass is 16.5. The van der Waals surface area contributed by atoms with Gasteiger partial charge in [-0.05, 0) is 108 Å². The minimum atomic E-state index is 0.903. The minimum absolute atomic E-state index is 0.903. The van der Waals surface area contributed by atoms with E-state index in [4.69, 9.17) is 9.47 Å². The van der Waals surface area contributed by atoms with E-state index in [1.807, 2.05) is 0 Å². The quantitative estimate of drug-likeness (QED) is 0.283. The monoisotopic (exact) mass is 450 g/mol. The molecule has 0 spiro atoms. The molecule has 0 saturated carbocycles. The lowest BCUT2D eigenvalue weighted by Gasteiger charge is -2.14. The van der Waals surface area contributed by atoms with Crippen LogP contribution in [0.25, 0.3) is 22.3 Å². The standard InChI is InChI=1S/C32H34O2/c1-21-7-9-27(17-23(21)3)28-15-12-25(24(4)18-28)11-13-26-14-16-30(20-32(26)34-6)29-10-8-22(2)31(19-29)33-5/h7-10,12,14-20H,11,13H2,1-6H3. The fraction of sp³-hybridized carbons (Fsp3) is 0.250. The first-order valence-electron chi connectivity index (χ1n) is 11.9. The van der Waals surface area contributed by atoms with Gasteiger partial charge < -0.3 is 9.47 Å². The van der Waals surface area contributed by atoms with Crippen molar-refractivity contribution >= 4 is 0 Å². The van der Waals surface area contributed by atoms with Gasteiger partial charge in [-0.3, -0.25) is 0 Å². The van der Waals surface area contributed by atoms with E-state index in [2.05, 4.69) is 100 Å². The number of rotatable bonds is 7. The fourth-order valence-electron chi connectivity index (χ4n) is 4.48. The second-order valence-electron chi connectivity index (χ2n) is 9.15. The average Bonchev–Trinajstić information content (AvgIpc) is 2.85. The van der Waals surface area contributed by atoms with Crippen molar-refractivity contribution in [2.45, 2.75) is 40.5 Å². The van der Waals surface area contributed by atoms with Crippen LogP contribution in [0.5, 0.6) is 11.5 Å². The van der Waals surface area contributed by atoms with E-state index in [1.54, 1.807) is 14.2 Å². The van der Waals surface area contributed by atoms with Gasteiger partial charge in [0.25, 0.3) is 0 Å². The molecule has 0 aliphatic rings. The molecule has 34 heavy (non-hydrogen) atoms. The first kappa shape index (κ1) is 23.6. The molecular formula is C32H34O2. The molecule has 0 fully saturated rings. The topological polar surface area (TPSA) is 18.5 Å². The van der Waals surface area contributed by atoms with Crippen molar-refractivity contribution in [3.63, 3.8) is 0 Å². The van der Waals surface area contributed by atoms with Gasteiger partial charge in [-0.25, -0.2) is 0 Å². The number of hydrogen-bond acceptors (Lipinski definition) is 2. The molecule has 0 unspecified atom stereocenters. The maximum atomic E-state index is 5.77. The summed E-state index contributed by atoms with van der Waals surface area (Å²) in [5.41, 5.74) is 12.6. The molecular weight excluding hydrogens is 416 g/mol. The van der Waals surface area contributed by atoms with E-state index < -0.39 is 0 Å². The van der Waals surface area contributed by atoms with Crippen LogP contribution in [0.3, 0.4) is 0 Å². The predicted molar refractivity (Wildman–Crippen MR) is 143 cm³/mol. The molecule has 0 atom stereocenters. The number of hydrogen-bond donors (Lipinski definition) is 0. The van der Waals surface area contributed by atoms with E-state index in [0.29, 0.717) is 0 Å². The molecule has 174 valence electrons. The first-order valence-corrected chi connectivity index (χ1v) is 11.9. The lowest BCUT2D eigenvalue weighted by atomic mass is 9.94. The maximum Gasteiger partial charge on any atom is 0.122 e. The Kier molecular flexibility index (Phi) is 7.07. The summed E-state index contributed by atoms with van der Waals surface area (Å²) in [5.74, 6) is 1.83. The van der Waals surface area contributed by atoms with Crippen molar-refractivity contribution in [1.82, 2.24) is 0 Å². The molecule has 4 aromatic rings. The normalized spacial score (nSPS) is 10.9. The summed E-state index contributed by atoms with van der Waals surface area (Å²) in [7, 11) is 3.47. The maximum absolute atomic E-state index is 5.77. The summed E-state index contributed by atoms with van der Waals surface area (Å²) in [6.07, 6.45) is 1.91. The Morgan fingerprint density at radius 2 is 0.912 bits per heavy atom. The number of benzene rings is 4. The van der Waals surface area contributed by atoms with Gasteiger partial charge in [-0.2, -0.15) is 0 Å². The molecule has 2 nitrogen and oxygen atoms in total. The van der Waals surface area contributed by atoms with Crippen LogP contribution >= 0.6 is 0 Å². The van der Waals surface area contributed by atoms with E-state index in [1.165, 1.54) is 38.9 Å². The number of ether oxygens (including phenoxy) is 2. The molecule has 0 aromatic heterocycles. The molecule has 4 aromatic carbocycles. The van der Waals surface area contributed by atoms with Crippen LogP contribution < -0.4 is 9.47 Å². The zero-order chi connectivity index (χ0) is 24.2. The lowest BCUT2D eigenvalue weighted by Crippen LogP contribution is -1.98. The Morgan fingerprint density at radius 3 is 1.50 bits per heavy atom. The third kappa shape index (κ3) is 5.02. The summed E-state index contributed by atoms with van der Waals surface area (Å²) < 4.78 is 11.3. The number of methoxy groups -OCH3 is 2. The number of aryl methyl sites for hydroxylation is 6. The Labute approximate surface area is 204 Å². The third-order valence-corrected chi connectivity index (χ3v) is 6.87. The van der Waals surface area contributed by atoms with Gasteiger partial charge >= 0.3 is 0 Å². The van der Waals surface area contributed by atoms with E-state index in [9.17, 15) is 0 Å². The summed E-state index contributed by atoms with van der Waals surface area (Å²) in [6, 6.07) is 26.4. The molecule has 2 heteroatoms. The van der Waals surface area contributed by atoms with Gasteiger partial charge in [0.15, 0.2) is 0 Å². The van der Waals surface area contributed by atoms with E-state index in [-0.39, 0.29) is 0 Å². The molecule has 4 rings (SSSR count). The highest BCUT2D eigenvalue weighted by molar-refractivity contribution is 5.69. The highest BCUT2D eigenvalue weighted by Gasteiger charge is 2.10. The van der Waals surface area contributed by atoms with Crippen molar-refractivity contribution in [2.75, 3.05) is 14.2 Å². The molecule has 0 radical (unpaired) electrons. The van der Waals surface area contributed by atoms with Crippen molar-refractivity contribution in [1.29, 1.82) is 0 Å². The average molecular weight is 451 g/mol. The second kappa shape index (κ2) is 10.2. The van der Waals surface area contributed by atoms with Gasteiger partial charge in [-0.1, -0.05) is 60.7 Å². The van der Waals surface area contributed by atoms with Crippen LogP contribution in [0, 0.1) is 27.7 Å². The predicted octanol–water partition coefficient (Wildman–Crippen LogP) is 8.06. The Bertz CT molecular complexity index is 1320.